The predicted octanol–water partition coefficient (Wildman–Crippen LogP) is 1.90. The Bertz CT molecular complexity index is 1270. The van der Waals surface area contributed by atoms with Crippen molar-refractivity contribution in [1.82, 2.24) is 19.4 Å². The van der Waals surface area contributed by atoms with Crippen molar-refractivity contribution in [3.05, 3.63) is 70.0 Å². The summed E-state index contributed by atoms with van der Waals surface area (Å²) in [5.74, 6) is -2.30. The van der Waals surface area contributed by atoms with E-state index in [2.05, 4.69) is 4.98 Å². The van der Waals surface area contributed by atoms with Gasteiger partial charge in [0.1, 0.15) is 11.8 Å². The minimum Gasteiger partial charge on any atom is -0.507 e. The largest absolute Gasteiger partial charge is 0.507 e. The van der Waals surface area contributed by atoms with Gasteiger partial charge < -0.3 is 19.3 Å². The molecule has 1 N–H and O–H groups in total. The molecule has 1 amide bonds. The molecular formula is C23H24N4O5. The van der Waals surface area contributed by atoms with Gasteiger partial charge in [0.2, 0.25) is 0 Å². The van der Waals surface area contributed by atoms with Gasteiger partial charge in [0.25, 0.3) is 11.7 Å². The molecule has 1 aromatic carbocycles. The van der Waals surface area contributed by atoms with E-state index >= 15 is 0 Å². The van der Waals surface area contributed by atoms with E-state index in [1.165, 1.54) is 15.5 Å². The zero-order valence-electron chi connectivity index (χ0n) is 18.1. The van der Waals surface area contributed by atoms with Crippen LogP contribution in [0.15, 0.2) is 57.4 Å². The summed E-state index contributed by atoms with van der Waals surface area (Å²) in [4.78, 5) is 45.5. The van der Waals surface area contributed by atoms with Crippen LogP contribution in [0.2, 0.25) is 0 Å². The molecule has 1 aliphatic heterocycles. The maximum atomic E-state index is 13.0. The number of aryl methyl sites for hydroxylation is 1. The molecule has 9 heteroatoms. The van der Waals surface area contributed by atoms with Gasteiger partial charge in [-0.2, -0.15) is 0 Å². The molecule has 0 unspecified atom stereocenters. The first-order valence-electron chi connectivity index (χ1n) is 10.2. The summed E-state index contributed by atoms with van der Waals surface area (Å²) in [5.41, 5.74) is 1.56. The van der Waals surface area contributed by atoms with Crippen molar-refractivity contribution in [2.45, 2.75) is 12.5 Å². The second kappa shape index (κ2) is 8.43. The fraction of sp³-hybridized carbons (Fsp3) is 0.304. The highest BCUT2D eigenvalue weighted by Gasteiger charge is 2.46. The number of nitrogens with zero attached hydrogens (tertiary/aromatic N) is 4. The monoisotopic (exact) mass is 436 g/mol. The normalized spacial score (nSPS) is 18.2. The number of carbonyl (C=O) groups is 2. The SMILES string of the molecule is CN(C)CCCN1C(=O)C(=O)C(=C(O)c2ccc3c(c2)oc(=O)n3C)[C@H]1c1ccccn1. The maximum absolute atomic E-state index is 13.0. The first-order chi connectivity index (χ1) is 15.3. The third kappa shape index (κ3) is 3.71. The number of carbonyl (C=O) groups excluding carboxylic acids is 2. The van der Waals surface area contributed by atoms with E-state index in [1.807, 2.05) is 19.0 Å². The number of hydrogen-bond acceptors (Lipinski definition) is 7. The number of Topliss-reactive ketones (excluding diaryl/α,β-unsaturated/α-hetero) is 1. The number of aromatic nitrogens is 2. The summed E-state index contributed by atoms with van der Waals surface area (Å²) in [7, 11) is 5.44. The predicted molar refractivity (Wildman–Crippen MR) is 118 cm³/mol. The standard InChI is InChI=1S/C23H24N4O5/c1-25(2)11-6-12-27-19(15-7-4-5-10-24-15)18(21(29)22(27)30)20(28)14-8-9-16-17(13-14)32-23(31)26(16)3/h4-5,7-10,13,19,28H,6,11-12H2,1-3H3/t19-/m1/s1. The summed E-state index contributed by atoms with van der Waals surface area (Å²) in [6.45, 7) is 1.08. The van der Waals surface area contributed by atoms with Gasteiger partial charge in [0.05, 0.1) is 16.8 Å². The van der Waals surface area contributed by atoms with Crippen molar-refractivity contribution in [3.63, 3.8) is 0 Å². The van der Waals surface area contributed by atoms with E-state index in [9.17, 15) is 19.5 Å². The number of rotatable bonds is 6. The van der Waals surface area contributed by atoms with Crippen LogP contribution in [0.1, 0.15) is 23.7 Å². The van der Waals surface area contributed by atoms with Crippen LogP contribution in [0.3, 0.4) is 0 Å². The molecule has 2 aromatic heterocycles. The van der Waals surface area contributed by atoms with Crippen LogP contribution in [-0.4, -0.2) is 63.3 Å². The number of aliphatic hydroxyl groups excluding tert-OH is 1. The first-order valence-corrected chi connectivity index (χ1v) is 10.2. The molecule has 1 fully saturated rings. The molecule has 0 radical (unpaired) electrons. The van der Waals surface area contributed by atoms with E-state index in [-0.39, 0.29) is 22.5 Å². The third-order valence-electron chi connectivity index (χ3n) is 5.58. The number of ketones is 1. The van der Waals surface area contributed by atoms with E-state index in [1.54, 1.807) is 43.6 Å². The molecule has 9 nitrogen and oxygen atoms in total. The van der Waals surface area contributed by atoms with Crippen molar-refractivity contribution in [2.24, 2.45) is 7.05 Å². The summed E-state index contributed by atoms with van der Waals surface area (Å²) >= 11 is 0. The molecule has 3 aromatic rings. The Labute approximate surface area is 184 Å². The Balaban J connectivity index is 1.82. The van der Waals surface area contributed by atoms with Gasteiger partial charge >= 0.3 is 5.76 Å². The Morgan fingerprint density at radius 1 is 1.19 bits per heavy atom. The van der Waals surface area contributed by atoms with E-state index in [0.717, 1.165) is 6.54 Å². The number of hydrogen-bond donors (Lipinski definition) is 1. The Hall–Kier alpha value is -3.72. The lowest BCUT2D eigenvalue weighted by molar-refractivity contribution is -0.140. The summed E-state index contributed by atoms with van der Waals surface area (Å²) in [6.07, 6.45) is 2.24. The fourth-order valence-electron chi connectivity index (χ4n) is 3.95. The van der Waals surface area contributed by atoms with E-state index in [4.69, 9.17) is 4.42 Å². The number of benzene rings is 1. The Morgan fingerprint density at radius 2 is 1.97 bits per heavy atom. The fourth-order valence-corrected chi connectivity index (χ4v) is 3.95. The minimum absolute atomic E-state index is 0.0313. The van der Waals surface area contributed by atoms with Crippen LogP contribution < -0.4 is 5.76 Å². The van der Waals surface area contributed by atoms with Gasteiger partial charge in [0.15, 0.2) is 5.58 Å². The molecular weight excluding hydrogens is 412 g/mol. The zero-order chi connectivity index (χ0) is 23.0. The topological polar surface area (TPSA) is 109 Å². The minimum atomic E-state index is -0.808. The van der Waals surface area contributed by atoms with Crippen LogP contribution in [0.4, 0.5) is 0 Å². The van der Waals surface area contributed by atoms with Crippen LogP contribution in [0, 0.1) is 0 Å². The number of amides is 1. The number of pyridine rings is 1. The molecule has 0 aliphatic carbocycles. The smallest absolute Gasteiger partial charge is 0.419 e. The van der Waals surface area contributed by atoms with Crippen molar-refractivity contribution in [3.8, 4) is 0 Å². The van der Waals surface area contributed by atoms with Crippen molar-refractivity contribution >= 4 is 28.5 Å². The van der Waals surface area contributed by atoms with Crippen LogP contribution >= 0.6 is 0 Å². The molecule has 0 saturated carbocycles. The number of aliphatic hydroxyl groups is 1. The van der Waals surface area contributed by atoms with E-state index < -0.39 is 23.5 Å². The summed E-state index contributed by atoms with van der Waals surface area (Å²) in [5, 5.41) is 11.1. The average Bonchev–Trinajstić information content (AvgIpc) is 3.20. The second-order valence-corrected chi connectivity index (χ2v) is 8.01. The number of likely N-dealkylation sites (tertiary alicyclic amines) is 1. The molecule has 4 rings (SSSR count). The quantitative estimate of drug-likeness (QED) is 0.357. The molecule has 1 aliphatic rings. The molecule has 1 atom stereocenters. The lowest BCUT2D eigenvalue weighted by Gasteiger charge is -2.25. The molecule has 3 heterocycles. The van der Waals surface area contributed by atoms with Crippen molar-refractivity contribution in [2.75, 3.05) is 27.2 Å². The van der Waals surface area contributed by atoms with Gasteiger partial charge in [0, 0.05) is 25.4 Å². The number of fused-ring (bicyclic) bond motifs is 1. The van der Waals surface area contributed by atoms with Gasteiger partial charge in [-0.3, -0.25) is 19.1 Å². The molecule has 1 saturated heterocycles. The average molecular weight is 436 g/mol. The maximum Gasteiger partial charge on any atom is 0.419 e. The van der Waals surface area contributed by atoms with Crippen molar-refractivity contribution < 1.29 is 19.1 Å². The molecule has 32 heavy (non-hydrogen) atoms. The van der Waals surface area contributed by atoms with Crippen LogP contribution in [0.5, 0.6) is 0 Å². The van der Waals surface area contributed by atoms with Gasteiger partial charge in [-0.15, -0.1) is 0 Å². The van der Waals surface area contributed by atoms with Gasteiger partial charge in [-0.25, -0.2) is 4.79 Å². The first kappa shape index (κ1) is 21.5. The lowest BCUT2D eigenvalue weighted by Crippen LogP contribution is -2.32. The Morgan fingerprint density at radius 3 is 2.66 bits per heavy atom. The highest BCUT2D eigenvalue weighted by atomic mass is 16.4. The summed E-state index contributed by atoms with van der Waals surface area (Å²) in [6, 6.07) is 9.13. The molecule has 0 bridgehead atoms. The summed E-state index contributed by atoms with van der Waals surface area (Å²) < 4.78 is 6.55. The number of oxazole rings is 1. The van der Waals surface area contributed by atoms with Crippen molar-refractivity contribution in [1.29, 1.82) is 0 Å². The Kier molecular flexibility index (Phi) is 5.67. The lowest BCUT2D eigenvalue weighted by atomic mass is 9.98. The van der Waals surface area contributed by atoms with Gasteiger partial charge in [-0.05, 0) is 57.4 Å². The van der Waals surface area contributed by atoms with Crippen LogP contribution in [0.25, 0.3) is 16.9 Å². The third-order valence-corrected chi connectivity index (χ3v) is 5.58. The molecule has 166 valence electrons. The van der Waals surface area contributed by atoms with E-state index in [0.29, 0.717) is 24.2 Å². The second-order valence-electron chi connectivity index (χ2n) is 8.01. The molecule has 0 spiro atoms. The van der Waals surface area contributed by atoms with Crippen LogP contribution in [-0.2, 0) is 16.6 Å². The highest BCUT2D eigenvalue weighted by molar-refractivity contribution is 6.46. The van der Waals surface area contributed by atoms with Gasteiger partial charge in [-0.1, -0.05) is 6.07 Å². The zero-order valence-corrected chi connectivity index (χ0v) is 18.1. The highest BCUT2D eigenvalue weighted by Crippen LogP contribution is 2.38.